The zero-order valence-electron chi connectivity index (χ0n) is 15.6. The molecule has 1 fully saturated rings. The molecule has 1 aromatic carbocycles. The zero-order valence-corrected chi connectivity index (χ0v) is 16.4. The number of hydrogen-bond acceptors (Lipinski definition) is 5. The maximum absolute atomic E-state index is 12.9. The molecule has 0 spiro atoms. The number of benzene rings is 1. The Bertz CT molecular complexity index is 831. The fourth-order valence-corrected chi connectivity index (χ4v) is 4.71. The summed E-state index contributed by atoms with van der Waals surface area (Å²) in [6.07, 6.45) is 1.93. The monoisotopic (exact) mass is 395 g/mol. The standard InChI is InChI=1S/C18H25N3O5S/c1-3-4-5-17-18(23)19-15-12-14(6-7-16(15)26-17)27(24,25)21-10-8-20(9-11-21)13(2)22/h6-7,12,17H,3-5,8-11H2,1-2H3,(H,19,23)/t17-/m1/s1. The SMILES string of the molecule is CCCC[C@H]1Oc2ccc(S(=O)(=O)N3CCN(C(C)=O)CC3)cc2NC1=O. The highest BCUT2D eigenvalue weighted by Gasteiger charge is 2.32. The molecular formula is C18H25N3O5S. The Labute approximate surface area is 159 Å². The van der Waals surface area contributed by atoms with Crippen LogP contribution in [0, 0.1) is 0 Å². The molecular weight excluding hydrogens is 370 g/mol. The molecule has 1 N–H and O–H groups in total. The van der Waals surface area contributed by atoms with Crippen molar-refractivity contribution < 1.29 is 22.7 Å². The minimum Gasteiger partial charge on any atom is -0.478 e. The molecule has 2 aliphatic heterocycles. The second-order valence-electron chi connectivity index (χ2n) is 6.81. The number of carbonyl (C=O) groups excluding carboxylic acids is 2. The molecule has 0 radical (unpaired) electrons. The summed E-state index contributed by atoms with van der Waals surface area (Å²) in [7, 11) is -3.70. The van der Waals surface area contributed by atoms with E-state index < -0.39 is 16.1 Å². The van der Waals surface area contributed by atoms with Crippen LogP contribution in [0.4, 0.5) is 5.69 Å². The van der Waals surface area contributed by atoms with Crippen LogP contribution in [-0.2, 0) is 19.6 Å². The fourth-order valence-electron chi connectivity index (χ4n) is 3.26. The predicted octanol–water partition coefficient (Wildman–Crippen LogP) is 1.43. The van der Waals surface area contributed by atoms with E-state index in [9.17, 15) is 18.0 Å². The number of anilines is 1. The van der Waals surface area contributed by atoms with Crippen molar-refractivity contribution in [3.63, 3.8) is 0 Å². The van der Waals surface area contributed by atoms with Gasteiger partial charge in [-0.25, -0.2) is 8.42 Å². The van der Waals surface area contributed by atoms with Crippen molar-refractivity contribution in [3.8, 4) is 5.75 Å². The van der Waals surface area contributed by atoms with Gasteiger partial charge < -0.3 is 15.0 Å². The molecule has 0 bridgehead atoms. The highest BCUT2D eigenvalue weighted by atomic mass is 32.2. The second-order valence-corrected chi connectivity index (χ2v) is 8.74. The number of amides is 2. The lowest BCUT2D eigenvalue weighted by Gasteiger charge is -2.33. The van der Waals surface area contributed by atoms with Gasteiger partial charge in [0, 0.05) is 33.1 Å². The van der Waals surface area contributed by atoms with Crippen molar-refractivity contribution in [1.29, 1.82) is 0 Å². The average molecular weight is 395 g/mol. The molecule has 0 aromatic heterocycles. The Morgan fingerprint density at radius 3 is 2.59 bits per heavy atom. The van der Waals surface area contributed by atoms with Gasteiger partial charge >= 0.3 is 0 Å². The first-order chi connectivity index (χ1) is 12.8. The van der Waals surface area contributed by atoms with Gasteiger partial charge in [-0.15, -0.1) is 0 Å². The molecule has 9 heteroatoms. The number of carbonyl (C=O) groups is 2. The maximum Gasteiger partial charge on any atom is 0.265 e. The van der Waals surface area contributed by atoms with Crippen molar-refractivity contribution in [3.05, 3.63) is 18.2 Å². The van der Waals surface area contributed by atoms with Crippen molar-refractivity contribution in [2.24, 2.45) is 0 Å². The number of piperazine rings is 1. The van der Waals surface area contributed by atoms with Gasteiger partial charge in [-0.1, -0.05) is 13.3 Å². The molecule has 0 saturated carbocycles. The number of unbranched alkanes of at least 4 members (excludes halogenated alkanes) is 1. The van der Waals surface area contributed by atoms with Gasteiger partial charge in [-0.2, -0.15) is 4.31 Å². The lowest BCUT2D eigenvalue weighted by Crippen LogP contribution is -2.49. The van der Waals surface area contributed by atoms with Gasteiger partial charge in [0.1, 0.15) is 5.75 Å². The number of ether oxygens (including phenoxy) is 1. The summed E-state index contributed by atoms with van der Waals surface area (Å²) >= 11 is 0. The van der Waals surface area contributed by atoms with Gasteiger partial charge in [0.15, 0.2) is 6.10 Å². The number of hydrogen-bond donors (Lipinski definition) is 1. The lowest BCUT2D eigenvalue weighted by atomic mass is 10.1. The summed E-state index contributed by atoms with van der Waals surface area (Å²) in [5.41, 5.74) is 0.371. The van der Waals surface area contributed by atoms with Crippen LogP contribution in [0.15, 0.2) is 23.1 Å². The van der Waals surface area contributed by atoms with Gasteiger partial charge in [0.25, 0.3) is 5.91 Å². The third kappa shape index (κ3) is 4.08. The third-order valence-electron chi connectivity index (χ3n) is 4.91. The van der Waals surface area contributed by atoms with Crippen molar-refractivity contribution >= 4 is 27.5 Å². The number of sulfonamides is 1. The van der Waals surface area contributed by atoms with E-state index in [0.29, 0.717) is 30.9 Å². The summed E-state index contributed by atoms with van der Waals surface area (Å²) in [6, 6.07) is 4.53. The third-order valence-corrected chi connectivity index (χ3v) is 6.81. The summed E-state index contributed by atoms with van der Waals surface area (Å²) in [6.45, 7) is 4.77. The van der Waals surface area contributed by atoms with Crippen LogP contribution < -0.4 is 10.1 Å². The minimum absolute atomic E-state index is 0.0571. The molecule has 148 valence electrons. The maximum atomic E-state index is 12.9. The Balaban J connectivity index is 1.76. The van der Waals surface area contributed by atoms with Crippen molar-refractivity contribution in [2.45, 2.75) is 44.1 Å². The largest absolute Gasteiger partial charge is 0.478 e. The lowest BCUT2D eigenvalue weighted by molar-refractivity contribution is -0.130. The smallest absolute Gasteiger partial charge is 0.265 e. The van der Waals surface area contributed by atoms with Crippen LogP contribution in [0.25, 0.3) is 0 Å². The topological polar surface area (TPSA) is 96.0 Å². The average Bonchev–Trinajstić information content (AvgIpc) is 2.66. The Morgan fingerprint density at radius 1 is 1.26 bits per heavy atom. The van der Waals surface area contributed by atoms with E-state index in [1.165, 1.54) is 23.4 Å². The molecule has 8 nitrogen and oxygen atoms in total. The van der Waals surface area contributed by atoms with Crippen LogP contribution in [0.5, 0.6) is 5.75 Å². The zero-order chi connectivity index (χ0) is 19.6. The number of nitrogens with zero attached hydrogens (tertiary/aromatic N) is 2. The number of fused-ring (bicyclic) bond motifs is 1. The van der Waals surface area contributed by atoms with Crippen molar-refractivity contribution in [1.82, 2.24) is 9.21 Å². The molecule has 1 aromatic rings. The molecule has 27 heavy (non-hydrogen) atoms. The van der Waals surface area contributed by atoms with Crippen LogP contribution >= 0.6 is 0 Å². The van der Waals surface area contributed by atoms with Crippen LogP contribution in [0.1, 0.15) is 33.1 Å². The summed E-state index contributed by atoms with van der Waals surface area (Å²) in [5, 5.41) is 2.76. The second kappa shape index (κ2) is 7.85. The highest BCUT2D eigenvalue weighted by molar-refractivity contribution is 7.89. The van der Waals surface area contributed by atoms with Gasteiger partial charge in [0.05, 0.1) is 10.6 Å². The molecule has 2 heterocycles. The first-order valence-corrected chi connectivity index (χ1v) is 10.6. The van der Waals surface area contributed by atoms with Gasteiger partial charge in [0.2, 0.25) is 15.9 Å². The van der Waals surface area contributed by atoms with Crippen LogP contribution in [0.2, 0.25) is 0 Å². The fraction of sp³-hybridized carbons (Fsp3) is 0.556. The summed E-state index contributed by atoms with van der Waals surface area (Å²) in [5.74, 6) is 0.176. The van der Waals surface area contributed by atoms with Crippen molar-refractivity contribution in [2.75, 3.05) is 31.5 Å². The Morgan fingerprint density at radius 2 is 1.96 bits per heavy atom. The summed E-state index contributed by atoms with van der Waals surface area (Å²) in [4.78, 5) is 25.3. The minimum atomic E-state index is -3.70. The molecule has 2 aliphatic rings. The van der Waals surface area contributed by atoms with E-state index in [0.717, 1.165) is 12.8 Å². The predicted molar refractivity (Wildman–Crippen MR) is 100 cm³/mol. The first kappa shape index (κ1) is 19.6. The molecule has 0 aliphatic carbocycles. The normalized spacial score (nSPS) is 20.6. The van der Waals surface area contributed by atoms with Crippen LogP contribution in [-0.4, -0.2) is 61.7 Å². The Hall–Kier alpha value is -2.13. The molecule has 3 rings (SSSR count). The van der Waals surface area contributed by atoms with Gasteiger partial charge in [-0.3, -0.25) is 9.59 Å². The van der Waals surface area contributed by atoms with Crippen LogP contribution in [0.3, 0.4) is 0 Å². The molecule has 2 amide bonds. The van der Waals surface area contributed by atoms with E-state index in [1.807, 2.05) is 6.92 Å². The molecule has 1 saturated heterocycles. The van der Waals surface area contributed by atoms with E-state index in [1.54, 1.807) is 11.0 Å². The highest BCUT2D eigenvalue weighted by Crippen LogP contribution is 2.33. The van der Waals surface area contributed by atoms with E-state index in [-0.39, 0.29) is 29.8 Å². The molecule has 1 atom stereocenters. The number of rotatable bonds is 5. The quantitative estimate of drug-likeness (QED) is 0.814. The van der Waals surface area contributed by atoms with E-state index in [4.69, 9.17) is 4.74 Å². The van der Waals surface area contributed by atoms with E-state index >= 15 is 0 Å². The first-order valence-electron chi connectivity index (χ1n) is 9.20. The van der Waals surface area contributed by atoms with Gasteiger partial charge in [-0.05, 0) is 31.0 Å². The number of nitrogens with one attached hydrogen (secondary N) is 1. The Kier molecular flexibility index (Phi) is 5.71. The van der Waals surface area contributed by atoms with E-state index in [2.05, 4.69) is 5.32 Å². The molecule has 0 unspecified atom stereocenters. The summed E-state index contributed by atoms with van der Waals surface area (Å²) < 4.78 is 32.9.